The molecular formula is C24H34O2. The van der Waals surface area contributed by atoms with E-state index in [1.165, 1.54) is 49.7 Å². The molecule has 0 spiro atoms. The van der Waals surface area contributed by atoms with Crippen molar-refractivity contribution < 1.29 is 9.53 Å². The molecule has 2 nitrogen and oxygen atoms in total. The molecule has 2 heteroatoms. The Morgan fingerprint density at radius 2 is 1.77 bits per heavy atom. The second kappa shape index (κ2) is 11.7. The predicted molar refractivity (Wildman–Crippen MR) is 110 cm³/mol. The van der Waals surface area contributed by atoms with Crippen molar-refractivity contribution in [2.24, 2.45) is 5.92 Å². The van der Waals surface area contributed by atoms with Gasteiger partial charge in [-0.05, 0) is 54.7 Å². The number of hydrogen-bond donors (Lipinski definition) is 0. The third-order valence-electron chi connectivity index (χ3n) is 5.11. The zero-order valence-corrected chi connectivity index (χ0v) is 16.5. The molecule has 0 aliphatic heterocycles. The van der Waals surface area contributed by atoms with E-state index in [2.05, 4.69) is 44.2 Å². The molecule has 0 unspecified atom stereocenters. The topological polar surface area (TPSA) is 26.3 Å². The summed E-state index contributed by atoms with van der Waals surface area (Å²) >= 11 is 0. The Bertz CT molecular complexity index is 590. The van der Waals surface area contributed by atoms with Crippen LogP contribution in [0.5, 0.6) is 0 Å². The van der Waals surface area contributed by atoms with E-state index in [4.69, 9.17) is 4.74 Å². The molecule has 0 heterocycles. The van der Waals surface area contributed by atoms with Gasteiger partial charge in [0.15, 0.2) is 0 Å². The number of carbonyl (C=O) groups is 1. The van der Waals surface area contributed by atoms with Crippen LogP contribution in [0.3, 0.4) is 0 Å². The van der Waals surface area contributed by atoms with Crippen molar-refractivity contribution in [3.8, 4) is 0 Å². The number of esters is 1. The minimum Gasteiger partial charge on any atom is -0.462 e. The Balaban J connectivity index is 1.92. The molecule has 0 amide bonds. The van der Waals surface area contributed by atoms with Gasteiger partial charge in [0.05, 0.1) is 6.61 Å². The standard InChI is InChI=1S/C24H34O2/c1-3-5-11-20(12-6-4-2)19-26-24(25)18-21-13-10-16-23(17-21)22-14-8-7-9-15-22/h7-9,14-15,17-18,20H,3-6,10-13,16,19H2,1-2H3/b21-18+. The number of allylic oxidation sites excluding steroid dienone is 3. The van der Waals surface area contributed by atoms with Gasteiger partial charge in [-0.1, -0.05) is 75.9 Å². The maximum atomic E-state index is 12.3. The summed E-state index contributed by atoms with van der Waals surface area (Å²) in [4.78, 5) is 12.3. The smallest absolute Gasteiger partial charge is 0.331 e. The monoisotopic (exact) mass is 354 g/mol. The molecule has 0 saturated heterocycles. The summed E-state index contributed by atoms with van der Waals surface area (Å²) < 4.78 is 5.60. The van der Waals surface area contributed by atoms with Crippen LogP contribution in [-0.4, -0.2) is 12.6 Å². The van der Waals surface area contributed by atoms with Crippen LogP contribution < -0.4 is 0 Å². The highest BCUT2D eigenvalue weighted by Gasteiger charge is 2.13. The molecule has 1 aromatic carbocycles. The Morgan fingerprint density at radius 3 is 2.42 bits per heavy atom. The number of unbranched alkanes of at least 4 members (excludes halogenated alkanes) is 2. The van der Waals surface area contributed by atoms with Crippen LogP contribution >= 0.6 is 0 Å². The van der Waals surface area contributed by atoms with E-state index in [9.17, 15) is 4.79 Å². The molecule has 0 aromatic heterocycles. The molecule has 0 saturated carbocycles. The Labute approximate surface area is 159 Å². The van der Waals surface area contributed by atoms with Gasteiger partial charge in [-0.3, -0.25) is 0 Å². The van der Waals surface area contributed by atoms with Crippen LogP contribution in [0.2, 0.25) is 0 Å². The van der Waals surface area contributed by atoms with Crippen LogP contribution in [0.25, 0.3) is 5.57 Å². The highest BCUT2D eigenvalue weighted by Crippen LogP contribution is 2.29. The van der Waals surface area contributed by atoms with Gasteiger partial charge < -0.3 is 4.74 Å². The lowest BCUT2D eigenvalue weighted by atomic mass is 9.90. The lowest BCUT2D eigenvalue weighted by Crippen LogP contribution is -2.13. The fourth-order valence-corrected chi connectivity index (χ4v) is 3.53. The number of carbonyl (C=O) groups excluding carboxylic acids is 1. The second-order valence-electron chi connectivity index (χ2n) is 7.39. The van der Waals surface area contributed by atoms with Gasteiger partial charge >= 0.3 is 5.97 Å². The minimum atomic E-state index is -0.177. The van der Waals surface area contributed by atoms with Gasteiger partial charge in [0.25, 0.3) is 0 Å². The normalized spacial score (nSPS) is 16.0. The molecule has 0 N–H and O–H groups in total. The maximum absolute atomic E-state index is 12.3. The zero-order chi connectivity index (χ0) is 18.6. The van der Waals surface area contributed by atoms with Crippen LogP contribution in [0, 0.1) is 5.92 Å². The van der Waals surface area contributed by atoms with Gasteiger partial charge in [-0.2, -0.15) is 0 Å². The van der Waals surface area contributed by atoms with Gasteiger partial charge in [0.2, 0.25) is 0 Å². The van der Waals surface area contributed by atoms with Crippen molar-refractivity contribution in [3.05, 3.63) is 53.6 Å². The van der Waals surface area contributed by atoms with E-state index in [1.54, 1.807) is 6.08 Å². The van der Waals surface area contributed by atoms with E-state index in [0.29, 0.717) is 12.5 Å². The SMILES string of the molecule is CCCCC(CCCC)COC(=O)/C=C1/C=C(c2ccccc2)CCC1. The van der Waals surface area contributed by atoms with E-state index < -0.39 is 0 Å². The van der Waals surface area contributed by atoms with Gasteiger partial charge in [-0.15, -0.1) is 0 Å². The summed E-state index contributed by atoms with van der Waals surface area (Å²) in [7, 11) is 0. The quantitative estimate of drug-likeness (QED) is 0.344. The van der Waals surface area contributed by atoms with Gasteiger partial charge in [0, 0.05) is 6.08 Å². The van der Waals surface area contributed by atoms with Crippen LogP contribution in [0.15, 0.2) is 48.1 Å². The highest BCUT2D eigenvalue weighted by molar-refractivity contribution is 5.84. The fraction of sp³-hybridized carbons (Fsp3) is 0.542. The van der Waals surface area contributed by atoms with E-state index >= 15 is 0 Å². The molecule has 1 aromatic rings. The summed E-state index contributed by atoms with van der Waals surface area (Å²) in [5, 5.41) is 0. The summed E-state index contributed by atoms with van der Waals surface area (Å²) in [6, 6.07) is 10.4. The van der Waals surface area contributed by atoms with E-state index in [-0.39, 0.29) is 5.97 Å². The van der Waals surface area contributed by atoms with Crippen LogP contribution in [0.4, 0.5) is 0 Å². The predicted octanol–water partition coefficient (Wildman–Crippen LogP) is 6.72. The van der Waals surface area contributed by atoms with Crippen LogP contribution in [0.1, 0.15) is 77.2 Å². The summed E-state index contributed by atoms with van der Waals surface area (Å²) in [5.74, 6) is 0.336. The third-order valence-corrected chi connectivity index (χ3v) is 5.11. The first-order chi connectivity index (χ1) is 12.7. The van der Waals surface area contributed by atoms with Crippen molar-refractivity contribution in [2.75, 3.05) is 6.61 Å². The van der Waals surface area contributed by atoms with E-state index in [1.807, 2.05) is 6.07 Å². The van der Waals surface area contributed by atoms with Gasteiger partial charge in [-0.25, -0.2) is 4.79 Å². The molecule has 0 bridgehead atoms. The largest absolute Gasteiger partial charge is 0.462 e. The van der Waals surface area contributed by atoms with Gasteiger partial charge in [0.1, 0.15) is 0 Å². The molecule has 26 heavy (non-hydrogen) atoms. The average molecular weight is 355 g/mol. The third kappa shape index (κ3) is 7.19. The Hall–Kier alpha value is -1.83. The van der Waals surface area contributed by atoms with Crippen molar-refractivity contribution in [2.45, 2.75) is 71.6 Å². The van der Waals surface area contributed by atoms with E-state index in [0.717, 1.165) is 24.8 Å². The molecule has 0 radical (unpaired) electrons. The fourth-order valence-electron chi connectivity index (χ4n) is 3.53. The van der Waals surface area contributed by atoms with Crippen molar-refractivity contribution in [1.29, 1.82) is 0 Å². The average Bonchev–Trinajstić information content (AvgIpc) is 2.68. The summed E-state index contributed by atoms with van der Waals surface area (Å²) in [6.07, 6.45) is 14.2. The molecular weight excluding hydrogens is 320 g/mol. The van der Waals surface area contributed by atoms with Crippen molar-refractivity contribution in [1.82, 2.24) is 0 Å². The highest BCUT2D eigenvalue weighted by atomic mass is 16.5. The number of benzene rings is 1. The summed E-state index contributed by atoms with van der Waals surface area (Å²) in [6.45, 7) is 5.00. The number of rotatable bonds is 10. The first kappa shape index (κ1) is 20.5. The van der Waals surface area contributed by atoms with Crippen LogP contribution in [-0.2, 0) is 9.53 Å². The Kier molecular flexibility index (Phi) is 9.23. The molecule has 1 aliphatic rings. The Morgan fingerprint density at radius 1 is 1.08 bits per heavy atom. The molecule has 0 atom stereocenters. The van der Waals surface area contributed by atoms with Crippen molar-refractivity contribution >= 4 is 11.5 Å². The van der Waals surface area contributed by atoms with Crippen molar-refractivity contribution in [3.63, 3.8) is 0 Å². The summed E-state index contributed by atoms with van der Waals surface area (Å²) in [5.41, 5.74) is 3.67. The molecule has 0 fully saturated rings. The minimum absolute atomic E-state index is 0.177. The molecule has 142 valence electrons. The maximum Gasteiger partial charge on any atom is 0.331 e. The number of hydrogen-bond acceptors (Lipinski definition) is 2. The second-order valence-corrected chi connectivity index (χ2v) is 7.39. The first-order valence-corrected chi connectivity index (χ1v) is 10.4. The zero-order valence-electron chi connectivity index (χ0n) is 16.5. The first-order valence-electron chi connectivity index (χ1n) is 10.4. The lowest BCUT2D eigenvalue weighted by molar-refractivity contribution is -0.139. The lowest BCUT2D eigenvalue weighted by Gasteiger charge is -2.17. The molecule has 1 aliphatic carbocycles. The number of ether oxygens (including phenoxy) is 1. The molecule has 2 rings (SSSR count).